The number of nitrogens with zero attached hydrogens (tertiary/aromatic N) is 2. The Labute approximate surface area is 219 Å². The fraction of sp³-hybridized carbons (Fsp3) is 0.417. The molecule has 4 aliphatic rings. The van der Waals surface area contributed by atoms with Gasteiger partial charge in [-0.15, -0.1) is 15.7 Å². The van der Waals surface area contributed by atoms with Crippen LogP contribution in [0.1, 0.15) is 30.4 Å². The summed E-state index contributed by atoms with van der Waals surface area (Å²) >= 11 is 1.07. The van der Waals surface area contributed by atoms with Crippen molar-refractivity contribution in [3.63, 3.8) is 0 Å². The van der Waals surface area contributed by atoms with Gasteiger partial charge in [0.2, 0.25) is 10.0 Å². The minimum Gasteiger partial charge on any atom is -0.511 e. The molecule has 0 spiro atoms. The summed E-state index contributed by atoms with van der Waals surface area (Å²) in [5.41, 5.74) is 1.10. The maximum absolute atomic E-state index is 13.9. The summed E-state index contributed by atoms with van der Waals surface area (Å²) in [6.07, 6.45) is 3.88. The van der Waals surface area contributed by atoms with Crippen molar-refractivity contribution in [1.82, 2.24) is 9.62 Å². The molecule has 6 rings (SSSR count). The largest absolute Gasteiger partial charge is 0.511 e. The van der Waals surface area contributed by atoms with Gasteiger partial charge in [-0.1, -0.05) is 30.3 Å². The number of hydrogen-bond donors (Lipinski definition) is 3. The molecule has 0 saturated heterocycles. The van der Waals surface area contributed by atoms with E-state index in [1.165, 1.54) is 5.38 Å². The molecule has 196 valence electrons. The molecule has 10 nitrogen and oxygen atoms in total. The van der Waals surface area contributed by atoms with Gasteiger partial charge in [0.15, 0.2) is 5.84 Å². The van der Waals surface area contributed by atoms with Crippen molar-refractivity contribution in [2.24, 2.45) is 22.2 Å². The lowest BCUT2D eigenvalue weighted by Crippen LogP contribution is -2.53. The molecule has 2 saturated carbocycles. The van der Waals surface area contributed by atoms with Crippen LogP contribution in [0.25, 0.3) is 0 Å². The molecular weight excluding hydrogens is 536 g/mol. The maximum Gasteiger partial charge on any atom is 0.287 e. The number of amidine groups is 1. The highest BCUT2D eigenvalue weighted by molar-refractivity contribution is 7.91. The van der Waals surface area contributed by atoms with Gasteiger partial charge in [0, 0.05) is 30.6 Å². The first-order valence-electron chi connectivity index (χ1n) is 12.0. The second-order valence-corrected chi connectivity index (χ2v) is 14.3. The molecule has 1 amide bonds. The smallest absolute Gasteiger partial charge is 0.287 e. The first kappa shape index (κ1) is 24.6. The Hall–Kier alpha value is -2.74. The Bertz CT molecular complexity index is 1560. The van der Waals surface area contributed by atoms with E-state index in [1.807, 2.05) is 30.3 Å². The van der Waals surface area contributed by atoms with Crippen LogP contribution in [0.2, 0.25) is 0 Å². The van der Waals surface area contributed by atoms with E-state index in [2.05, 4.69) is 14.4 Å². The highest BCUT2D eigenvalue weighted by Gasteiger charge is 2.57. The topological polar surface area (TPSA) is 145 Å². The van der Waals surface area contributed by atoms with Crippen LogP contribution in [0.15, 0.2) is 56.3 Å². The number of fused-ring (bicyclic) bond motifs is 6. The summed E-state index contributed by atoms with van der Waals surface area (Å²) in [6.45, 7) is 0.146. The van der Waals surface area contributed by atoms with Gasteiger partial charge in [0.05, 0.1) is 6.26 Å². The molecular formula is C24H26N4O6S3. The fourth-order valence-electron chi connectivity index (χ4n) is 6.32. The van der Waals surface area contributed by atoms with E-state index in [0.29, 0.717) is 12.5 Å². The quantitative estimate of drug-likeness (QED) is 0.491. The van der Waals surface area contributed by atoms with E-state index in [4.69, 9.17) is 0 Å². The molecule has 1 aromatic carbocycles. The molecule has 13 heteroatoms. The number of benzene rings is 1. The molecule has 1 aromatic heterocycles. The van der Waals surface area contributed by atoms with Crippen LogP contribution in [0.4, 0.5) is 5.00 Å². The molecule has 2 aliphatic carbocycles. The number of thiophene rings is 1. The summed E-state index contributed by atoms with van der Waals surface area (Å²) in [5, 5.41) is 16.1. The van der Waals surface area contributed by atoms with Crippen molar-refractivity contribution in [1.29, 1.82) is 0 Å². The van der Waals surface area contributed by atoms with Gasteiger partial charge < -0.3 is 15.3 Å². The second-order valence-electron chi connectivity index (χ2n) is 10.1. The van der Waals surface area contributed by atoms with Gasteiger partial charge in [-0.25, -0.2) is 13.1 Å². The van der Waals surface area contributed by atoms with Crippen LogP contribution in [0.5, 0.6) is 0 Å². The molecule has 2 aromatic rings. The minimum absolute atomic E-state index is 0.0908. The Kier molecular flexibility index (Phi) is 5.75. The lowest BCUT2D eigenvalue weighted by molar-refractivity contribution is -0.134. The SMILES string of the molecule is CS(=O)(=O)NCc1csc2c1S(=O)(=O)N=C(C1=C(O)[C@@H]3[C@H]4CC[C@H](C4)[C@@H]3N(Cc3ccccc3)C1=O)N2. The second kappa shape index (κ2) is 8.65. The average molecular weight is 563 g/mol. The summed E-state index contributed by atoms with van der Waals surface area (Å²) in [5.74, 6) is -0.476. The first-order valence-corrected chi connectivity index (χ1v) is 16.2. The standard InChI is InChI=1S/C24H26N4O6S3/c1-36(31,32)25-10-16-12-35-23-21(16)37(33,34)27-22(26-23)18-20(29)17-14-7-8-15(9-14)19(17)28(24(18)30)11-13-5-3-2-4-6-13/h2-6,12,14-15,17,19,25,29H,7-11H2,1H3,(H,26,27)/t14-,15+,17+,19-/m0/s1. The summed E-state index contributed by atoms with van der Waals surface area (Å²) in [6, 6.07) is 9.47. The van der Waals surface area contributed by atoms with Crippen molar-refractivity contribution in [2.75, 3.05) is 11.6 Å². The van der Waals surface area contributed by atoms with Gasteiger partial charge in [-0.05, 0) is 42.0 Å². The minimum atomic E-state index is -4.27. The number of aliphatic hydroxyl groups excluding tert-OH is 1. The molecule has 3 heterocycles. The molecule has 2 aliphatic heterocycles. The molecule has 3 N–H and O–H groups in total. The number of nitrogens with one attached hydrogen (secondary N) is 2. The predicted octanol–water partition coefficient (Wildman–Crippen LogP) is 2.58. The summed E-state index contributed by atoms with van der Waals surface area (Å²) in [7, 11) is -7.80. The Balaban J connectivity index is 1.39. The van der Waals surface area contributed by atoms with Gasteiger partial charge in [0.1, 0.15) is 21.2 Å². The maximum atomic E-state index is 13.9. The molecule has 0 radical (unpaired) electrons. The Morgan fingerprint density at radius 1 is 1.22 bits per heavy atom. The average Bonchev–Trinajstić information content (AvgIpc) is 3.55. The molecule has 2 fully saturated rings. The third-order valence-corrected chi connectivity index (χ3v) is 10.9. The molecule has 4 atom stereocenters. The summed E-state index contributed by atoms with van der Waals surface area (Å²) < 4.78 is 55.7. The van der Waals surface area contributed by atoms with Crippen molar-refractivity contribution in [3.05, 3.63) is 58.2 Å². The summed E-state index contributed by atoms with van der Waals surface area (Å²) in [4.78, 5) is 15.6. The first-order chi connectivity index (χ1) is 17.5. The number of rotatable bonds is 6. The predicted molar refractivity (Wildman–Crippen MR) is 139 cm³/mol. The Morgan fingerprint density at radius 3 is 2.68 bits per heavy atom. The lowest BCUT2D eigenvalue weighted by Gasteiger charge is -2.44. The van der Waals surface area contributed by atoms with E-state index in [-0.39, 0.29) is 57.1 Å². The van der Waals surface area contributed by atoms with Crippen LogP contribution < -0.4 is 10.0 Å². The Morgan fingerprint density at radius 2 is 1.95 bits per heavy atom. The van der Waals surface area contributed by atoms with E-state index < -0.39 is 26.0 Å². The van der Waals surface area contributed by atoms with Crippen LogP contribution in [-0.2, 0) is 37.9 Å². The van der Waals surface area contributed by atoms with Gasteiger partial charge in [-0.3, -0.25) is 4.79 Å². The van der Waals surface area contributed by atoms with Gasteiger partial charge in [0.25, 0.3) is 15.9 Å². The van der Waals surface area contributed by atoms with Crippen LogP contribution in [-0.4, -0.2) is 50.9 Å². The zero-order chi connectivity index (χ0) is 26.1. The fourth-order valence-corrected chi connectivity index (χ4v) is 9.34. The number of carbonyl (C=O) groups excluding carboxylic acids is 1. The highest BCUT2D eigenvalue weighted by atomic mass is 32.2. The number of carbonyl (C=O) groups is 1. The number of amides is 1. The highest BCUT2D eigenvalue weighted by Crippen LogP contribution is 2.55. The zero-order valence-electron chi connectivity index (χ0n) is 19.9. The number of anilines is 1. The normalized spacial score (nSPS) is 28.1. The van der Waals surface area contributed by atoms with Crippen LogP contribution in [0, 0.1) is 17.8 Å². The molecule has 0 unspecified atom stereocenters. The van der Waals surface area contributed by atoms with Crippen molar-refractivity contribution in [3.8, 4) is 0 Å². The van der Waals surface area contributed by atoms with E-state index >= 15 is 0 Å². The van der Waals surface area contributed by atoms with Crippen LogP contribution in [0.3, 0.4) is 0 Å². The third kappa shape index (κ3) is 4.17. The molecule has 2 bridgehead atoms. The zero-order valence-corrected chi connectivity index (χ0v) is 22.4. The third-order valence-electron chi connectivity index (χ3n) is 7.75. The monoisotopic (exact) mass is 562 g/mol. The van der Waals surface area contributed by atoms with E-state index in [0.717, 1.165) is 42.4 Å². The number of sulfonamides is 2. The lowest BCUT2D eigenvalue weighted by atomic mass is 9.77. The van der Waals surface area contributed by atoms with E-state index in [1.54, 1.807) is 4.90 Å². The van der Waals surface area contributed by atoms with Gasteiger partial charge >= 0.3 is 0 Å². The van der Waals surface area contributed by atoms with Gasteiger partial charge in [-0.2, -0.15) is 8.42 Å². The van der Waals surface area contributed by atoms with Crippen molar-refractivity contribution in [2.45, 2.75) is 43.3 Å². The molecule has 37 heavy (non-hydrogen) atoms. The van der Waals surface area contributed by atoms with Crippen molar-refractivity contribution < 1.29 is 26.7 Å². The number of hydrogen-bond acceptors (Lipinski definition) is 8. The number of aliphatic hydroxyl groups is 1. The van der Waals surface area contributed by atoms with Crippen molar-refractivity contribution >= 4 is 48.1 Å². The van der Waals surface area contributed by atoms with E-state index in [9.17, 15) is 26.7 Å². The van der Waals surface area contributed by atoms with Crippen LogP contribution >= 0.6 is 11.3 Å².